The van der Waals surface area contributed by atoms with Gasteiger partial charge in [0.05, 0.1) is 98.8 Å². The normalized spacial score (nSPS) is 21.3. The summed E-state index contributed by atoms with van der Waals surface area (Å²) < 4.78 is 623. The number of fused-ring (bicyclic) bond motifs is 12. The van der Waals surface area contributed by atoms with Crippen molar-refractivity contribution in [1.82, 2.24) is 9.13 Å². The van der Waals surface area contributed by atoms with Gasteiger partial charge in [-0.15, -0.1) is 0 Å². The van der Waals surface area contributed by atoms with E-state index in [1.807, 2.05) is 83.4 Å². The largest absolute Gasteiger partial charge is 0.310 e. The smallest absolute Gasteiger partial charge is 0.0651 e. The predicted octanol–water partition coefficient (Wildman–Crippen LogP) is 31.1. The lowest BCUT2D eigenvalue weighted by molar-refractivity contribution is 0.660. The third-order valence-electron chi connectivity index (χ3n) is 19.4. The van der Waals surface area contributed by atoms with E-state index in [9.17, 15) is 38.4 Å². The van der Waals surface area contributed by atoms with Gasteiger partial charge in [0, 0.05) is 94.3 Å². The van der Waals surface area contributed by atoms with Crippen LogP contribution in [0.3, 0.4) is 0 Å². The van der Waals surface area contributed by atoms with Crippen molar-refractivity contribution >= 4 is 77.7 Å². The monoisotopic (exact) mass is 1580 g/mol. The molecule has 0 radical (unpaired) electrons. The molecule has 118 heavy (non-hydrogen) atoms. The van der Waals surface area contributed by atoms with Gasteiger partial charge in [-0.05, 0) is 244 Å². The third kappa shape index (κ3) is 12.5. The van der Waals surface area contributed by atoms with Gasteiger partial charge in [-0.1, -0.05) is 330 Å². The van der Waals surface area contributed by atoms with Crippen molar-refractivity contribution in [2.24, 2.45) is 0 Å². The average Bonchev–Trinajstić information content (AvgIpc) is 1.49. The standard InChI is InChI=1S/2C57H42N2/c2*1-57(2)53-22-11-9-20-49(53)50-34-33-48(38-54(50)57)58(47-19-13-18-43(36-47)40-16-7-4-8-17-40)45-29-26-42(27-30-45)44-28-35-56-52(37-44)51-21-10-12-23-55(51)59(56)46-31-24-41(25-32-46)39-14-5-3-6-15-39/h2*3-38H,1-2H3/i1D3,2D3,3D,4D,5D,6D,7D,8D,9D,10D,11D,12D,13D,14D,15D,16D,17D,18D,19D,20D,21D,22D,23D,24D,25D,26D,27D,28D,29D,30D,31D,32D,33D,34D,35D,36D,37D,38D;1D3,2D3,4D,7D,8D,9D,11D,13D,16D,17D,18D,19D,20D,22D,26D,27D,29D,30D,33D,34D,36D,38D. The van der Waals surface area contributed by atoms with Crippen LogP contribution in [-0.2, 0) is 10.8 Å². The lowest BCUT2D eigenvalue weighted by Crippen LogP contribution is -2.16. The van der Waals surface area contributed by atoms with E-state index in [0.29, 0.717) is 20.4 Å². The van der Waals surface area contributed by atoms with Gasteiger partial charge in [-0.25, -0.2) is 0 Å². The fraction of sp³-hybridized carbons (Fsp3) is 0.0526. The van der Waals surface area contributed by atoms with E-state index in [2.05, 4.69) is 0 Å². The van der Waals surface area contributed by atoms with Gasteiger partial charge in [0.25, 0.3) is 0 Å². The first-order valence-corrected chi connectivity index (χ1v) is 35.5. The highest BCUT2D eigenvalue weighted by molar-refractivity contribution is 6.12. The summed E-state index contributed by atoms with van der Waals surface area (Å²) in [4.78, 5) is 0.430. The highest BCUT2D eigenvalue weighted by Gasteiger charge is 2.38. The minimum Gasteiger partial charge on any atom is -0.310 e. The second-order valence-electron chi connectivity index (χ2n) is 26.3. The van der Waals surface area contributed by atoms with Crippen molar-refractivity contribution in [1.29, 1.82) is 0 Å². The van der Waals surface area contributed by atoms with Gasteiger partial charge in [0.2, 0.25) is 0 Å². The Bertz CT molecular complexity index is 11100. The number of aromatic nitrogens is 2. The zero-order valence-corrected chi connectivity index (χ0v) is 60.0. The fourth-order valence-electron chi connectivity index (χ4n) is 14.1. The highest BCUT2D eigenvalue weighted by Crippen LogP contribution is 2.54. The lowest BCUT2D eigenvalue weighted by Gasteiger charge is -2.28. The molecular formula is C114H84N4. The van der Waals surface area contributed by atoms with Crippen molar-refractivity contribution in [3.63, 3.8) is 0 Å². The molecule has 0 unspecified atom stereocenters. The van der Waals surface area contributed by atoms with E-state index >= 15 is 0 Å². The molecule has 0 fully saturated rings. The Labute approximate surface area is 785 Å². The molecule has 0 aliphatic heterocycles. The van der Waals surface area contributed by atoms with E-state index in [4.69, 9.17) is 54.8 Å². The van der Waals surface area contributed by atoms with Crippen LogP contribution in [0.15, 0.2) is 435 Å². The number of hydrogen-bond acceptors (Lipinski definition) is 2. The molecule has 4 heteroatoms. The van der Waals surface area contributed by atoms with Crippen LogP contribution in [0.2, 0.25) is 0 Å². The highest BCUT2D eigenvalue weighted by atomic mass is 15.1. The Balaban J connectivity index is 0.000000210. The Morgan fingerprint density at radius 2 is 0.619 bits per heavy atom. The molecule has 0 atom stereocenters. The first-order chi connectivity index (χ1) is 86.4. The molecule has 0 amide bonds. The van der Waals surface area contributed by atoms with Crippen LogP contribution >= 0.6 is 0 Å². The number of benzene rings is 18. The van der Waals surface area contributed by atoms with Crippen molar-refractivity contribution < 1.29 is 93.2 Å². The summed E-state index contributed by atoms with van der Waals surface area (Å²) in [6.45, 7) is -16.1. The molecule has 560 valence electrons. The van der Waals surface area contributed by atoms with Gasteiger partial charge in [-0.2, -0.15) is 0 Å². The number of anilines is 6. The molecule has 2 aromatic heterocycles. The van der Waals surface area contributed by atoms with Gasteiger partial charge in [-0.3, -0.25) is 0 Å². The first-order valence-electron chi connectivity index (χ1n) is 69.5. The Hall–Kier alpha value is -14.8. The Kier molecular flexibility index (Phi) is 7.30. The van der Waals surface area contributed by atoms with Crippen molar-refractivity contribution in [3.05, 3.63) is 458 Å². The maximum atomic E-state index is 10.1. The number of hydrogen-bond donors (Lipinski definition) is 0. The number of rotatable bonds is 14. The van der Waals surface area contributed by atoms with E-state index in [-0.39, 0.29) is 16.0 Å². The molecule has 2 heterocycles. The molecule has 0 spiro atoms. The lowest BCUT2D eigenvalue weighted by atomic mass is 9.82. The van der Waals surface area contributed by atoms with E-state index in [1.54, 1.807) is 18.2 Å². The van der Waals surface area contributed by atoms with Gasteiger partial charge >= 0.3 is 0 Å². The van der Waals surface area contributed by atoms with Crippen LogP contribution in [0, 0.1) is 0 Å². The molecule has 0 bridgehead atoms. The first kappa shape index (κ1) is 29.5. The quantitative estimate of drug-likeness (QED) is 0.108. The second kappa shape index (κ2) is 29.2. The summed E-state index contributed by atoms with van der Waals surface area (Å²) >= 11 is 0. The maximum Gasteiger partial charge on any atom is 0.0651 e. The van der Waals surface area contributed by atoms with E-state index < -0.39 is 527 Å². The summed E-state index contributed by atoms with van der Waals surface area (Å²) in [6, 6.07) is -35.5. The molecule has 20 aromatic rings. The van der Waals surface area contributed by atoms with Gasteiger partial charge in [0.1, 0.15) is 0 Å². The molecular weight excluding hydrogens is 1430 g/mol. The molecule has 0 saturated carbocycles. The van der Waals surface area contributed by atoms with Crippen molar-refractivity contribution in [3.8, 4) is 100 Å². The topological polar surface area (TPSA) is 16.3 Å². The minimum absolute atomic E-state index is 0.0731. The zero-order valence-electron chi connectivity index (χ0n) is 128. The van der Waals surface area contributed by atoms with E-state index in [0.717, 1.165) is 27.7 Å². The predicted molar refractivity (Wildman–Crippen MR) is 499 cm³/mol. The third-order valence-corrected chi connectivity index (χ3v) is 19.4. The van der Waals surface area contributed by atoms with Crippen LogP contribution in [0.1, 0.15) is 143 Å². The molecule has 2 aliphatic rings. The zero-order chi connectivity index (χ0) is 138. The van der Waals surface area contributed by atoms with Crippen LogP contribution in [0.25, 0.3) is 144 Å². The number of para-hydroxylation sites is 2. The fourth-order valence-corrected chi connectivity index (χ4v) is 14.1. The average molecular weight is 1580 g/mol. The number of nitrogens with zero attached hydrogens (tertiary/aromatic N) is 4. The minimum atomic E-state index is -4.11. The Morgan fingerprint density at radius 1 is 0.220 bits per heavy atom. The van der Waals surface area contributed by atoms with Crippen LogP contribution < -0.4 is 9.80 Å². The van der Waals surface area contributed by atoms with Gasteiger partial charge < -0.3 is 18.9 Å². The molecule has 0 saturated heterocycles. The van der Waals surface area contributed by atoms with Crippen LogP contribution in [-0.4, -0.2) is 9.13 Å². The Morgan fingerprint density at radius 3 is 1.19 bits per heavy atom. The molecule has 4 nitrogen and oxygen atoms in total. The summed E-state index contributed by atoms with van der Waals surface area (Å²) in [7, 11) is 0. The maximum absolute atomic E-state index is 10.1. The van der Waals surface area contributed by atoms with E-state index in [1.165, 1.54) is 0 Å². The molecule has 0 N–H and O–H groups in total. The van der Waals surface area contributed by atoms with Crippen LogP contribution in [0.5, 0.6) is 0 Å². The van der Waals surface area contributed by atoms with Crippen LogP contribution in [0.4, 0.5) is 34.1 Å². The molecule has 18 aromatic carbocycles. The van der Waals surface area contributed by atoms with Crippen molar-refractivity contribution in [2.45, 2.75) is 38.2 Å². The SMILES string of the molecule is [2H]c1c([2H])c([2H])c(-c2c([2H])c([2H])c(-n3c4c([2H])c([2H])c([2H])c([2H])c4c4c([2H])c(-c5c([2H])c([2H])c(N(c6c([2H])c([2H])c([2H])c(-c7c([2H])c([2H])c([2H])c([2H])c7[2H])c6[2H])c6c([2H])c([2H])c7c(c6[2H])C(C([2H])([2H])[2H])(C([2H])([2H])[2H])c6c([2H])c([2H])c([2H])c([2H])c6-7)c([2H])c5[2H])c([2H])c([2H])c43)c([2H])c2[2H])c([2H])c1[2H].[2H]c1c([2H])c([2H])c(-c2c([2H])c([2H])c([2H])c(N(c3c([2H])c([2H])c(-c4ccc5c(c4)c4ccccc4n5-c4ccc(-c5ccccc5)cc4)c([2H])c3[2H])c3c([2H])c([2H])c4c(c3[2H])C(C([2H])([2H])[2H])(C([2H])([2H])[2H])c3c([2H])c([2H])c([2H])c([2H])c3-4)c2[2H])c([2H])c1[2H]. The summed E-state index contributed by atoms with van der Waals surface area (Å²) in [5.74, 6) is 0. The summed E-state index contributed by atoms with van der Waals surface area (Å²) in [5.41, 5.74) is -31.0. The molecule has 2 aliphatic carbocycles. The van der Waals surface area contributed by atoms with Gasteiger partial charge in [0.15, 0.2) is 0 Å². The summed E-state index contributed by atoms with van der Waals surface area (Å²) in [6.07, 6.45) is 0. The molecule has 22 rings (SSSR count). The van der Waals surface area contributed by atoms with Crippen molar-refractivity contribution in [2.75, 3.05) is 9.80 Å². The second-order valence-corrected chi connectivity index (χ2v) is 26.3. The summed E-state index contributed by atoms with van der Waals surface area (Å²) in [5, 5.41) is -0.299.